The number of nitrogens with zero attached hydrogens (tertiary/aromatic N) is 3. The first kappa shape index (κ1) is 20.6. The summed E-state index contributed by atoms with van der Waals surface area (Å²) in [6.45, 7) is 3.96. The summed E-state index contributed by atoms with van der Waals surface area (Å²) in [5.41, 5.74) is 1.23. The Balaban J connectivity index is 1.57. The van der Waals surface area contributed by atoms with Crippen LogP contribution in [0.25, 0.3) is 16.6 Å². The maximum Gasteiger partial charge on any atom is 0.266 e. The van der Waals surface area contributed by atoms with E-state index in [9.17, 15) is 9.59 Å². The van der Waals surface area contributed by atoms with Gasteiger partial charge in [-0.25, -0.2) is 4.98 Å². The van der Waals surface area contributed by atoms with Gasteiger partial charge in [-0.3, -0.25) is 14.2 Å². The molecule has 0 aliphatic carbocycles. The molecule has 2 N–H and O–H groups in total. The summed E-state index contributed by atoms with van der Waals surface area (Å²) in [4.78, 5) is 33.8. The fourth-order valence-electron chi connectivity index (χ4n) is 3.71. The van der Waals surface area contributed by atoms with E-state index in [1.165, 1.54) is 16.7 Å². The van der Waals surface area contributed by atoms with Crippen molar-refractivity contribution in [1.29, 1.82) is 0 Å². The molecular formula is C22H25N4O3S+. The monoisotopic (exact) mass is 425 g/mol. The largest absolute Gasteiger partial charge is 0.391 e. The molecule has 0 atom stereocenters. The molecule has 1 aliphatic rings. The predicted octanol–water partition coefficient (Wildman–Crippen LogP) is 0.197. The number of quaternary nitrogens is 1. The van der Waals surface area contributed by atoms with Gasteiger partial charge in [0, 0.05) is 0 Å². The van der Waals surface area contributed by atoms with Crippen molar-refractivity contribution in [3.05, 3.63) is 65.0 Å². The number of para-hydroxylation sites is 2. The van der Waals surface area contributed by atoms with Crippen LogP contribution in [0.2, 0.25) is 0 Å². The fraction of sp³-hybridized carbons (Fsp3) is 0.318. The van der Waals surface area contributed by atoms with Crippen molar-refractivity contribution >= 4 is 28.6 Å². The van der Waals surface area contributed by atoms with E-state index in [1.54, 1.807) is 10.6 Å². The maximum atomic E-state index is 13.2. The van der Waals surface area contributed by atoms with E-state index in [2.05, 4.69) is 4.98 Å². The van der Waals surface area contributed by atoms with Crippen LogP contribution in [0.3, 0.4) is 0 Å². The molecule has 1 aromatic heterocycles. The first-order valence-corrected chi connectivity index (χ1v) is 11.1. The molecule has 0 bridgehead atoms. The van der Waals surface area contributed by atoms with E-state index in [4.69, 9.17) is 5.11 Å². The van der Waals surface area contributed by atoms with Crippen molar-refractivity contribution in [3.8, 4) is 5.69 Å². The van der Waals surface area contributed by atoms with E-state index in [0.717, 1.165) is 25.3 Å². The van der Waals surface area contributed by atoms with Gasteiger partial charge < -0.3 is 14.9 Å². The van der Waals surface area contributed by atoms with E-state index in [1.807, 2.05) is 53.4 Å². The molecule has 2 aromatic carbocycles. The zero-order valence-electron chi connectivity index (χ0n) is 16.7. The van der Waals surface area contributed by atoms with Gasteiger partial charge in [0.25, 0.3) is 5.56 Å². The lowest BCUT2D eigenvalue weighted by Crippen LogP contribution is -3.15. The topological polar surface area (TPSA) is 79.9 Å². The number of carbonyl (C=O) groups excluding carboxylic acids is 1. The van der Waals surface area contributed by atoms with Gasteiger partial charge in [-0.15, -0.1) is 0 Å². The number of aliphatic hydroxyl groups excluding tert-OH is 1. The second kappa shape index (κ2) is 9.42. The van der Waals surface area contributed by atoms with E-state index in [-0.39, 0.29) is 23.8 Å². The molecule has 3 aromatic rings. The van der Waals surface area contributed by atoms with Crippen molar-refractivity contribution in [1.82, 2.24) is 14.5 Å². The number of carbonyl (C=O) groups is 1. The van der Waals surface area contributed by atoms with Crippen LogP contribution in [-0.4, -0.2) is 70.5 Å². The summed E-state index contributed by atoms with van der Waals surface area (Å²) in [5.74, 6) is 0.275. The smallest absolute Gasteiger partial charge is 0.266 e. The number of aromatic nitrogens is 2. The SMILES string of the molecule is O=C(CSc1nc2ccccc2c(=O)n1-c1ccccc1)N1CC[NH+](CCO)CC1. The number of benzene rings is 2. The van der Waals surface area contributed by atoms with Crippen LogP contribution in [0.5, 0.6) is 0 Å². The third-order valence-electron chi connectivity index (χ3n) is 5.37. The van der Waals surface area contributed by atoms with Crippen LogP contribution in [0.15, 0.2) is 64.5 Å². The second-order valence-corrected chi connectivity index (χ2v) is 8.22. The Bertz CT molecular complexity index is 1080. The molecule has 0 saturated carbocycles. The molecule has 1 fully saturated rings. The molecule has 0 radical (unpaired) electrons. The van der Waals surface area contributed by atoms with E-state index >= 15 is 0 Å². The summed E-state index contributed by atoms with van der Waals surface area (Å²) < 4.78 is 1.59. The highest BCUT2D eigenvalue weighted by Crippen LogP contribution is 2.21. The first-order valence-electron chi connectivity index (χ1n) is 10.1. The number of rotatable bonds is 6. The number of aliphatic hydroxyl groups is 1. The zero-order chi connectivity index (χ0) is 20.9. The van der Waals surface area contributed by atoms with Crippen LogP contribution < -0.4 is 10.5 Å². The average Bonchev–Trinajstić information content (AvgIpc) is 2.79. The van der Waals surface area contributed by atoms with Crippen molar-refractivity contribution in [3.63, 3.8) is 0 Å². The molecule has 1 aliphatic heterocycles. The third-order valence-corrected chi connectivity index (χ3v) is 6.30. The lowest BCUT2D eigenvalue weighted by atomic mass is 10.2. The quantitative estimate of drug-likeness (QED) is 0.436. The number of hydrogen-bond acceptors (Lipinski definition) is 5. The van der Waals surface area contributed by atoms with Crippen molar-refractivity contribution in [2.45, 2.75) is 5.16 Å². The Kier molecular flexibility index (Phi) is 6.47. The summed E-state index contributed by atoms with van der Waals surface area (Å²) >= 11 is 1.30. The van der Waals surface area contributed by atoms with E-state index in [0.29, 0.717) is 29.1 Å². The molecule has 4 rings (SSSR count). The molecule has 2 heterocycles. The van der Waals surface area contributed by atoms with Gasteiger partial charge >= 0.3 is 0 Å². The summed E-state index contributed by atoms with van der Waals surface area (Å²) in [6, 6.07) is 16.7. The number of thioether (sulfide) groups is 1. The molecule has 7 nitrogen and oxygen atoms in total. The van der Waals surface area contributed by atoms with Crippen LogP contribution in [-0.2, 0) is 4.79 Å². The Morgan fingerprint density at radius 3 is 2.50 bits per heavy atom. The first-order chi connectivity index (χ1) is 14.7. The minimum absolute atomic E-state index is 0.0464. The van der Waals surface area contributed by atoms with Gasteiger partial charge in [-0.05, 0) is 24.3 Å². The highest BCUT2D eigenvalue weighted by molar-refractivity contribution is 7.99. The minimum atomic E-state index is -0.136. The normalized spacial score (nSPS) is 14.9. The average molecular weight is 426 g/mol. The molecule has 0 unspecified atom stereocenters. The molecule has 1 saturated heterocycles. The Hall–Kier alpha value is -2.68. The van der Waals surface area contributed by atoms with Crippen molar-refractivity contribution in [2.75, 3.05) is 45.1 Å². The highest BCUT2D eigenvalue weighted by atomic mass is 32.2. The minimum Gasteiger partial charge on any atom is -0.391 e. The fourth-order valence-corrected chi connectivity index (χ4v) is 4.63. The van der Waals surface area contributed by atoms with Gasteiger partial charge in [0.05, 0.1) is 55.1 Å². The van der Waals surface area contributed by atoms with Gasteiger partial charge in [-0.1, -0.05) is 42.1 Å². The molecule has 8 heteroatoms. The van der Waals surface area contributed by atoms with Crippen molar-refractivity contribution < 1.29 is 14.8 Å². The number of fused-ring (bicyclic) bond motifs is 1. The van der Waals surface area contributed by atoms with Crippen LogP contribution in [0.1, 0.15) is 0 Å². The van der Waals surface area contributed by atoms with Gasteiger partial charge in [0.15, 0.2) is 5.16 Å². The van der Waals surface area contributed by atoms with E-state index < -0.39 is 0 Å². The maximum absolute atomic E-state index is 13.2. The predicted molar refractivity (Wildman–Crippen MR) is 117 cm³/mol. The molecule has 1 amide bonds. The number of amides is 1. The number of nitrogens with one attached hydrogen (secondary N) is 1. The molecular weight excluding hydrogens is 400 g/mol. The lowest BCUT2D eigenvalue weighted by molar-refractivity contribution is -0.904. The summed E-state index contributed by atoms with van der Waals surface area (Å²) in [5, 5.41) is 10.2. The standard InChI is InChI=1S/C22H24N4O3S/c27-15-14-24-10-12-25(13-11-24)20(28)16-30-22-23-19-9-5-4-8-18(19)21(29)26(22)17-6-2-1-3-7-17/h1-9,27H,10-16H2/p+1. The molecule has 0 spiro atoms. The highest BCUT2D eigenvalue weighted by Gasteiger charge is 2.24. The molecule has 30 heavy (non-hydrogen) atoms. The van der Waals surface area contributed by atoms with Crippen molar-refractivity contribution in [2.24, 2.45) is 0 Å². The molecule has 156 valence electrons. The van der Waals surface area contributed by atoms with Crippen LogP contribution in [0.4, 0.5) is 0 Å². The van der Waals surface area contributed by atoms with Gasteiger partial charge in [-0.2, -0.15) is 0 Å². The zero-order valence-corrected chi connectivity index (χ0v) is 17.5. The summed E-state index contributed by atoms with van der Waals surface area (Å²) in [6.07, 6.45) is 0. The van der Waals surface area contributed by atoms with Gasteiger partial charge in [0.1, 0.15) is 6.54 Å². The Labute approximate surface area is 178 Å². The Morgan fingerprint density at radius 1 is 1.07 bits per heavy atom. The van der Waals surface area contributed by atoms with Crippen LogP contribution in [0, 0.1) is 0 Å². The number of piperazine rings is 1. The number of hydrogen-bond donors (Lipinski definition) is 2. The lowest BCUT2D eigenvalue weighted by Gasteiger charge is -2.31. The second-order valence-electron chi connectivity index (χ2n) is 7.28. The summed E-state index contributed by atoms with van der Waals surface area (Å²) in [7, 11) is 0. The third kappa shape index (κ3) is 4.40. The Morgan fingerprint density at radius 2 is 1.77 bits per heavy atom. The van der Waals surface area contributed by atoms with Gasteiger partial charge in [0.2, 0.25) is 5.91 Å². The van der Waals surface area contributed by atoms with Crippen LogP contribution >= 0.6 is 11.8 Å².